The van der Waals surface area contributed by atoms with Gasteiger partial charge in [0.05, 0.1) is 6.61 Å². The van der Waals surface area contributed by atoms with Gasteiger partial charge in [0.1, 0.15) is 0 Å². The molecule has 0 rings (SSSR count). The van der Waals surface area contributed by atoms with E-state index in [1.165, 1.54) is 0 Å². The van der Waals surface area contributed by atoms with E-state index in [1.807, 2.05) is 0 Å². The molecule has 0 unspecified atom stereocenters. The summed E-state index contributed by atoms with van der Waals surface area (Å²) >= 11 is 0. The van der Waals surface area contributed by atoms with Crippen molar-refractivity contribution in [3.8, 4) is 0 Å². The van der Waals surface area contributed by atoms with Gasteiger partial charge in [0.25, 0.3) is 0 Å². The van der Waals surface area contributed by atoms with Crippen LogP contribution in [0, 0.1) is 0 Å². The van der Waals surface area contributed by atoms with E-state index < -0.39 is 5.97 Å². The first-order chi connectivity index (χ1) is 4.18. The molecule has 1 radical (unpaired) electrons. The summed E-state index contributed by atoms with van der Waals surface area (Å²) in [4.78, 5) is 10.5. The zero-order chi connectivity index (χ0) is 7.28. The molecule has 0 aliphatic rings. The van der Waals surface area contributed by atoms with Gasteiger partial charge < -0.3 is 16.6 Å². The van der Waals surface area contributed by atoms with Crippen molar-refractivity contribution in [2.45, 2.75) is 6.92 Å². The summed E-state index contributed by atoms with van der Waals surface area (Å²) in [6, 6.07) is 0. The van der Waals surface area contributed by atoms with Crippen LogP contribution in [0.15, 0.2) is 12.2 Å². The number of hydrogen-bond donors (Lipinski definition) is 0. The molecule has 69 valence electrons. The topological polar surface area (TPSA) is 83.6 Å². The van der Waals surface area contributed by atoms with Crippen molar-refractivity contribution in [1.82, 2.24) is 0 Å². The van der Waals surface area contributed by atoms with E-state index in [2.05, 4.69) is 11.3 Å². The zero-order valence-electron chi connectivity index (χ0n) is 6.35. The van der Waals surface area contributed by atoms with Crippen LogP contribution in [0.1, 0.15) is 6.92 Å². The summed E-state index contributed by atoms with van der Waals surface area (Å²) in [6.07, 6.45) is 0. The van der Waals surface area contributed by atoms with E-state index in [1.54, 1.807) is 6.92 Å². The summed E-state index contributed by atoms with van der Waals surface area (Å²) in [7, 11) is 0. The molecule has 0 aliphatic heterocycles. The number of carbonyl (C=O) groups is 1. The van der Waals surface area contributed by atoms with E-state index in [0.717, 1.165) is 0 Å². The van der Waals surface area contributed by atoms with E-state index in [4.69, 9.17) is 5.73 Å². The van der Waals surface area contributed by atoms with Gasteiger partial charge in [-0.2, -0.15) is 0 Å². The summed E-state index contributed by atoms with van der Waals surface area (Å²) < 4.78 is 4.53. The Morgan fingerprint density at radius 3 is 2.36 bits per heavy atom. The number of esters is 1. The summed E-state index contributed by atoms with van der Waals surface area (Å²) in [5.41, 5.74) is 7.01. The Morgan fingerprint density at radius 2 is 2.09 bits per heavy atom. The molecule has 11 heavy (non-hydrogen) atoms. The van der Waals surface area contributed by atoms with Crippen LogP contribution in [-0.4, -0.2) is 19.1 Å². The van der Waals surface area contributed by atoms with Crippen LogP contribution in [0.5, 0.6) is 0 Å². The summed E-state index contributed by atoms with van der Waals surface area (Å²) in [5.74, 6) is -0.415. The monoisotopic (exact) mass is 337 g/mol. The van der Waals surface area contributed by atoms with Gasteiger partial charge in [0, 0.05) is 25.7 Å². The van der Waals surface area contributed by atoms with E-state index >= 15 is 0 Å². The molecule has 0 saturated heterocycles. The normalized spacial score (nSPS) is 7.09. The van der Waals surface area contributed by atoms with Crippen molar-refractivity contribution in [1.29, 1.82) is 0 Å². The van der Waals surface area contributed by atoms with Gasteiger partial charge in [-0.1, -0.05) is 6.58 Å². The fraction of sp³-hybridized carbons (Fsp3) is 0.500. The predicted octanol–water partition coefficient (Wildman–Crippen LogP) is 1.87. The molecular formula is C6H12IrN2O2-2. The molecule has 0 aromatic heterocycles. The van der Waals surface area contributed by atoms with Crippen LogP contribution in [-0.2, 0) is 29.6 Å². The predicted molar refractivity (Wildman–Crippen MR) is 40.2 cm³/mol. The largest absolute Gasteiger partial charge is 0.693 e. The van der Waals surface area contributed by atoms with Crippen LogP contribution in [0.2, 0.25) is 0 Å². The molecule has 0 spiro atoms. The Bertz CT molecular complexity index is 128. The van der Waals surface area contributed by atoms with Gasteiger partial charge in [0.15, 0.2) is 0 Å². The molecule has 0 aromatic rings. The first kappa shape index (κ1) is 17.0. The fourth-order valence-corrected chi connectivity index (χ4v) is 0.267. The number of hydrogen-bond acceptors (Lipinski definition) is 2. The van der Waals surface area contributed by atoms with Gasteiger partial charge in [-0.05, 0) is 6.92 Å². The zero-order valence-corrected chi connectivity index (χ0v) is 8.74. The number of nitrogens with one attached hydrogen (secondary N) is 1. The van der Waals surface area contributed by atoms with Crippen molar-refractivity contribution in [2.75, 3.05) is 13.2 Å². The molecule has 0 fully saturated rings. The number of ether oxygens (including phenoxy) is 1. The third-order valence-corrected chi connectivity index (χ3v) is 0.684. The Labute approximate surface area is 80.1 Å². The van der Waals surface area contributed by atoms with Crippen LogP contribution >= 0.6 is 0 Å². The fourth-order valence-electron chi connectivity index (χ4n) is 0.267. The number of nitrogens with two attached hydrogens (primary N) is 1. The SMILES string of the molecule is C=C(C)C(=O)OCC[NH-].[Ir].[NH2-]. The molecule has 0 aliphatic carbocycles. The molecule has 0 atom stereocenters. The van der Waals surface area contributed by atoms with Crippen LogP contribution < -0.4 is 0 Å². The van der Waals surface area contributed by atoms with Crippen molar-refractivity contribution in [3.05, 3.63) is 24.0 Å². The standard InChI is InChI=1S/C6H10NO2.Ir.H2N/c1-5(2)6(8)9-4-3-7;;/h7H,1,3-4H2,2H3;;1H2/q-1;;-1. The maximum absolute atomic E-state index is 10.5. The smallest absolute Gasteiger partial charge is 0.333 e. The third kappa shape index (κ3) is 9.78. The quantitative estimate of drug-likeness (QED) is 0.582. The van der Waals surface area contributed by atoms with Gasteiger partial charge in [0.2, 0.25) is 0 Å². The Hall–Kier alpha value is -0.221. The second kappa shape index (κ2) is 9.78. The molecule has 5 heteroatoms. The number of rotatable bonds is 3. The maximum Gasteiger partial charge on any atom is 0.333 e. The Balaban J connectivity index is -0.000000320. The second-order valence-corrected chi connectivity index (χ2v) is 1.67. The van der Waals surface area contributed by atoms with Crippen molar-refractivity contribution in [2.24, 2.45) is 0 Å². The molecule has 0 bridgehead atoms. The summed E-state index contributed by atoms with van der Waals surface area (Å²) in [5, 5.41) is 0. The second-order valence-electron chi connectivity index (χ2n) is 1.67. The van der Waals surface area contributed by atoms with E-state index in [0.29, 0.717) is 5.57 Å². The number of carbonyl (C=O) groups excluding carboxylic acids is 1. The molecule has 0 aromatic carbocycles. The van der Waals surface area contributed by atoms with Crippen molar-refractivity contribution in [3.63, 3.8) is 0 Å². The minimum Gasteiger partial charge on any atom is -0.693 e. The van der Waals surface area contributed by atoms with Gasteiger partial charge >= 0.3 is 5.97 Å². The van der Waals surface area contributed by atoms with E-state index in [-0.39, 0.29) is 39.4 Å². The van der Waals surface area contributed by atoms with Crippen LogP contribution in [0.25, 0.3) is 11.9 Å². The minimum absolute atomic E-state index is 0. The molecule has 4 nitrogen and oxygen atoms in total. The van der Waals surface area contributed by atoms with Gasteiger partial charge in [-0.25, -0.2) is 4.79 Å². The average Bonchev–Trinajstić information content (AvgIpc) is 1.82. The molecule has 0 amide bonds. The van der Waals surface area contributed by atoms with Crippen LogP contribution in [0.4, 0.5) is 0 Å². The molecule has 0 saturated carbocycles. The van der Waals surface area contributed by atoms with Gasteiger partial charge in [-0.15, -0.1) is 6.54 Å². The molecule has 3 N–H and O–H groups in total. The minimum atomic E-state index is -0.415. The Kier molecular flexibility index (Phi) is 15.1. The van der Waals surface area contributed by atoms with Crippen molar-refractivity contribution < 1.29 is 29.6 Å². The third-order valence-electron chi connectivity index (χ3n) is 0.684. The first-order valence-electron chi connectivity index (χ1n) is 2.65. The first-order valence-corrected chi connectivity index (χ1v) is 2.65. The van der Waals surface area contributed by atoms with Crippen molar-refractivity contribution >= 4 is 5.97 Å². The van der Waals surface area contributed by atoms with Gasteiger partial charge in [-0.3, -0.25) is 0 Å². The summed E-state index contributed by atoms with van der Waals surface area (Å²) in [6.45, 7) is 5.22. The average molecular weight is 336 g/mol. The Morgan fingerprint density at radius 1 is 1.64 bits per heavy atom. The molecular weight excluding hydrogens is 324 g/mol. The van der Waals surface area contributed by atoms with E-state index in [9.17, 15) is 4.79 Å². The molecule has 0 heterocycles. The maximum atomic E-state index is 10.5. The van der Waals surface area contributed by atoms with Crippen LogP contribution in [0.3, 0.4) is 0 Å².